The minimum absolute atomic E-state index is 0.0402. The zero-order valence-electron chi connectivity index (χ0n) is 10.6. The summed E-state index contributed by atoms with van der Waals surface area (Å²) in [5.41, 5.74) is 1.49. The smallest absolute Gasteiger partial charge is 0.335 e. The molecule has 1 aromatic carbocycles. The average Bonchev–Trinajstić information content (AvgIpc) is 3.09. The Labute approximate surface area is 102 Å². The number of rotatable bonds is 4. The van der Waals surface area contributed by atoms with Crippen LogP contribution in [0.1, 0.15) is 35.7 Å². The third kappa shape index (κ3) is 1.95. The highest BCUT2D eigenvalue weighted by atomic mass is 16.4. The van der Waals surface area contributed by atoms with E-state index < -0.39 is 5.97 Å². The summed E-state index contributed by atoms with van der Waals surface area (Å²) >= 11 is 0. The zero-order valence-corrected chi connectivity index (χ0v) is 10.6. The van der Waals surface area contributed by atoms with Gasteiger partial charge in [0.2, 0.25) is 0 Å². The van der Waals surface area contributed by atoms with Gasteiger partial charge in [0.1, 0.15) is 0 Å². The number of aromatic carboxylic acids is 1. The van der Waals surface area contributed by atoms with Gasteiger partial charge in [-0.3, -0.25) is 0 Å². The molecular weight excluding hydrogens is 214 g/mol. The van der Waals surface area contributed by atoms with Gasteiger partial charge in [-0.15, -0.1) is 0 Å². The van der Waals surface area contributed by atoms with E-state index in [0.29, 0.717) is 11.6 Å². The van der Waals surface area contributed by atoms with Crippen molar-refractivity contribution in [3.63, 3.8) is 0 Å². The first-order chi connectivity index (χ1) is 7.99. The predicted molar refractivity (Wildman–Crippen MR) is 67.5 cm³/mol. The first-order valence-corrected chi connectivity index (χ1v) is 5.98. The largest absolute Gasteiger partial charge is 0.478 e. The average molecular weight is 233 g/mol. The van der Waals surface area contributed by atoms with Crippen molar-refractivity contribution in [2.24, 2.45) is 0 Å². The third-order valence-electron chi connectivity index (χ3n) is 4.06. The Kier molecular flexibility index (Phi) is 2.96. The van der Waals surface area contributed by atoms with E-state index in [0.717, 1.165) is 18.4 Å². The normalized spacial score (nSPS) is 19.1. The van der Waals surface area contributed by atoms with Crippen LogP contribution in [0.2, 0.25) is 0 Å². The molecule has 17 heavy (non-hydrogen) atoms. The summed E-state index contributed by atoms with van der Waals surface area (Å²) in [6, 6.07) is 7.77. The van der Waals surface area contributed by atoms with Crippen molar-refractivity contribution >= 4 is 5.97 Å². The van der Waals surface area contributed by atoms with E-state index in [4.69, 9.17) is 0 Å². The first kappa shape index (κ1) is 12.1. The Balaban J connectivity index is 2.44. The first-order valence-electron chi connectivity index (χ1n) is 5.98. The van der Waals surface area contributed by atoms with Gasteiger partial charge in [-0.2, -0.15) is 0 Å². The fourth-order valence-corrected chi connectivity index (χ4v) is 2.64. The van der Waals surface area contributed by atoms with Crippen LogP contribution in [0, 0.1) is 0 Å². The van der Waals surface area contributed by atoms with Crippen molar-refractivity contribution in [3.05, 3.63) is 35.4 Å². The summed E-state index contributed by atoms with van der Waals surface area (Å²) in [7, 11) is 4.10. The maximum atomic E-state index is 11.3. The predicted octanol–water partition coefficient (Wildman–Crippen LogP) is 2.37. The van der Waals surface area contributed by atoms with Crippen LogP contribution in [0.5, 0.6) is 0 Å². The summed E-state index contributed by atoms with van der Waals surface area (Å²) in [4.78, 5) is 13.4. The molecule has 0 radical (unpaired) electrons. The van der Waals surface area contributed by atoms with E-state index >= 15 is 0 Å². The quantitative estimate of drug-likeness (QED) is 0.868. The fraction of sp³-hybridized carbons (Fsp3) is 0.500. The lowest BCUT2D eigenvalue weighted by molar-refractivity contribution is 0.0694. The second kappa shape index (κ2) is 4.15. The Morgan fingerprint density at radius 3 is 2.41 bits per heavy atom. The maximum absolute atomic E-state index is 11.3. The second-order valence-corrected chi connectivity index (χ2v) is 5.15. The summed E-state index contributed by atoms with van der Waals surface area (Å²) < 4.78 is 0. The topological polar surface area (TPSA) is 40.5 Å². The van der Waals surface area contributed by atoms with Crippen LogP contribution in [0.15, 0.2) is 24.3 Å². The van der Waals surface area contributed by atoms with Gasteiger partial charge < -0.3 is 10.0 Å². The van der Waals surface area contributed by atoms with Crippen LogP contribution in [0.3, 0.4) is 0 Å². The third-order valence-corrected chi connectivity index (χ3v) is 4.06. The van der Waals surface area contributed by atoms with Crippen LogP contribution in [0.4, 0.5) is 0 Å². The molecule has 1 saturated carbocycles. The lowest BCUT2D eigenvalue weighted by Crippen LogP contribution is -2.37. The summed E-state index contributed by atoms with van der Waals surface area (Å²) in [5.74, 6) is -0.821. The minimum atomic E-state index is -0.821. The van der Waals surface area contributed by atoms with Crippen molar-refractivity contribution in [1.29, 1.82) is 0 Å². The van der Waals surface area contributed by atoms with Crippen LogP contribution in [0.25, 0.3) is 0 Å². The van der Waals surface area contributed by atoms with Crippen molar-refractivity contribution in [2.45, 2.75) is 31.2 Å². The number of hydrogen-bond acceptors (Lipinski definition) is 2. The van der Waals surface area contributed by atoms with E-state index in [2.05, 4.69) is 11.8 Å². The van der Waals surface area contributed by atoms with Gasteiger partial charge in [0.05, 0.1) is 5.56 Å². The molecule has 1 atom stereocenters. The molecule has 1 fully saturated rings. The number of carbonyl (C=O) groups is 1. The summed E-state index contributed by atoms with van der Waals surface area (Å²) in [6.07, 6.45) is 2.16. The van der Waals surface area contributed by atoms with E-state index in [1.807, 2.05) is 26.2 Å². The SMILES string of the molecule is CC(N(C)C)C1(c2ccccc2C(=O)O)CC1. The molecule has 1 N–H and O–H groups in total. The molecule has 0 saturated heterocycles. The Hall–Kier alpha value is -1.35. The number of hydrogen-bond donors (Lipinski definition) is 1. The Bertz CT molecular complexity index is 436. The molecule has 1 aromatic rings. The van der Waals surface area contributed by atoms with Gasteiger partial charge in [0.15, 0.2) is 0 Å². The van der Waals surface area contributed by atoms with Crippen LogP contribution in [-0.2, 0) is 5.41 Å². The van der Waals surface area contributed by atoms with Crippen molar-refractivity contribution < 1.29 is 9.90 Å². The molecule has 1 aliphatic rings. The molecule has 0 spiro atoms. The van der Waals surface area contributed by atoms with Crippen molar-refractivity contribution in [3.8, 4) is 0 Å². The van der Waals surface area contributed by atoms with E-state index in [9.17, 15) is 9.90 Å². The molecule has 92 valence electrons. The van der Waals surface area contributed by atoms with Gasteiger partial charge in [-0.1, -0.05) is 18.2 Å². The lowest BCUT2D eigenvalue weighted by Gasteiger charge is -2.30. The molecule has 0 amide bonds. The zero-order chi connectivity index (χ0) is 12.6. The number of nitrogens with zero attached hydrogens (tertiary/aromatic N) is 1. The van der Waals surface area contributed by atoms with Crippen LogP contribution in [-0.4, -0.2) is 36.1 Å². The Morgan fingerprint density at radius 2 is 1.94 bits per heavy atom. The maximum Gasteiger partial charge on any atom is 0.335 e. The molecule has 0 aromatic heterocycles. The number of likely N-dealkylation sites (N-methyl/N-ethyl adjacent to an activating group) is 1. The highest BCUT2D eigenvalue weighted by Gasteiger charge is 2.51. The number of benzene rings is 1. The number of carboxylic acids is 1. The van der Waals surface area contributed by atoms with E-state index in [-0.39, 0.29) is 5.41 Å². The molecule has 0 heterocycles. The van der Waals surface area contributed by atoms with Gasteiger partial charge >= 0.3 is 5.97 Å². The lowest BCUT2D eigenvalue weighted by atomic mass is 9.85. The number of carboxylic acid groups (broad SMARTS) is 1. The standard InChI is InChI=1S/C14H19NO2/c1-10(15(2)3)14(8-9-14)12-7-5-4-6-11(12)13(16)17/h4-7,10H,8-9H2,1-3H3,(H,16,17). The summed E-state index contributed by atoms with van der Waals surface area (Å²) in [6.45, 7) is 2.17. The van der Waals surface area contributed by atoms with E-state index in [1.54, 1.807) is 12.1 Å². The van der Waals surface area contributed by atoms with Gasteiger partial charge in [0, 0.05) is 11.5 Å². The molecule has 2 rings (SSSR count). The highest BCUT2D eigenvalue weighted by molar-refractivity contribution is 5.90. The van der Waals surface area contributed by atoms with Crippen LogP contribution < -0.4 is 0 Å². The molecule has 0 bridgehead atoms. The molecule has 1 aliphatic carbocycles. The summed E-state index contributed by atoms with van der Waals surface area (Å²) in [5, 5.41) is 9.26. The van der Waals surface area contributed by atoms with Gasteiger partial charge in [-0.05, 0) is 45.5 Å². The van der Waals surface area contributed by atoms with Crippen molar-refractivity contribution in [2.75, 3.05) is 14.1 Å². The highest BCUT2D eigenvalue weighted by Crippen LogP contribution is 2.53. The minimum Gasteiger partial charge on any atom is -0.478 e. The molecule has 3 nitrogen and oxygen atoms in total. The van der Waals surface area contributed by atoms with Gasteiger partial charge in [-0.25, -0.2) is 4.79 Å². The molecular formula is C14H19NO2. The molecule has 0 aliphatic heterocycles. The van der Waals surface area contributed by atoms with Crippen molar-refractivity contribution in [1.82, 2.24) is 4.90 Å². The molecule has 1 unspecified atom stereocenters. The second-order valence-electron chi connectivity index (χ2n) is 5.15. The monoisotopic (exact) mass is 233 g/mol. The van der Waals surface area contributed by atoms with Gasteiger partial charge in [0.25, 0.3) is 0 Å². The molecule has 3 heteroatoms. The Morgan fingerprint density at radius 1 is 1.35 bits per heavy atom. The van der Waals surface area contributed by atoms with E-state index in [1.165, 1.54) is 0 Å². The van der Waals surface area contributed by atoms with Crippen LogP contribution >= 0.6 is 0 Å². The fourth-order valence-electron chi connectivity index (χ4n) is 2.64.